The van der Waals surface area contributed by atoms with Gasteiger partial charge in [0.2, 0.25) is 0 Å². The van der Waals surface area contributed by atoms with Crippen molar-refractivity contribution >= 4 is 11.6 Å². The van der Waals surface area contributed by atoms with Gasteiger partial charge in [0.25, 0.3) is 0 Å². The summed E-state index contributed by atoms with van der Waals surface area (Å²) in [5.74, 6) is 0.195. The average Bonchev–Trinajstić information content (AvgIpc) is 2.03. The molecule has 1 atom stereocenters. The van der Waals surface area contributed by atoms with Crippen LogP contribution in [-0.2, 0) is 0 Å². The van der Waals surface area contributed by atoms with Gasteiger partial charge in [0.1, 0.15) is 0 Å². The van der Waals surface area contributed by atoms with Crippen LogP contribution in [0.25, 0.3) is 0 Å². The summed E-state index contributed by atoms with van der Waals surface area (Å²) in [6.45, 7) is 5.93. The molecule has 0 aromatic heterocycles. The van der Waals surface area contributed by atoms with E-state index < -0.39 is 6.10 Å². The Morgan fingerprint density at radius 3 is 2.38 bits per heavy atom. The zero-order valence-corrected chi connectivity index (χ0v) is 8.97. The maximum absolute atomic E-state index is 9.79. The van der Waals surface area contributed by atoms with E-state index in [1.165, 1.54) is 0 Å². The third-order valence-electron chi connectivity index (χ3n) is 2.11. The van der Waals surface area contributed by atoms with Crippen molar-refractivity contribution in [3.05, 3.63) is 34.3 Å². The molecule has 0 amide bonds. The second-order valence-electron chi connectivity index (χ2n) is 3.71. The van der Waals surface area contributed by atoms with Gasteiger partial charge in [-0.3, -0.25) is 0 Å². The summed E-state index contributed by atoms with van der Waals surface area (Å²) < 4.78 is 0. The molecule has 0 aliphatic rings. The lowest BCUT2D eigenvalue weighted by Gasteiger charge is -2.16. The van der Waals surface area contributed by atoms with Gasteiger partial charge in [-0.1, -0.05) is 37.6 Å². The Hall–Kier alpha value is -0.530. The predicted molar refractivity (Wildman–Crippen MR) is 56.0 cm³/mol. The molecule has 13 heavy (non-hydrogen) atoms. The zero-order chi connectivity index (χ0) is 10.0. The molecule has 2 heteroatoms. The summed E-state index contributed by atoms with van der Waals surface area (Å²) in [5, 5.41) is 10.4. The van der Waals surface area contributed by atoms with E-state index in [0.717, 1.165) is 11.1 Å². The van der Waals surface area contributed by atoms with Crippen molar-refractivity contribution in [3.8, 4) is 0 Å². The fraction of sp³-hybridized carbons (Fsp3) is 0.455. The SMILES string of the molecule is Cc1ccc(C(O)C(C)C)c(Cl)c1. The molecule has 0 spiro atoms. The van der Waals surface area contributed by atoms with Gasteiger partial charge in [-0.05, 0) is 30.0 Å². The van der Waals surface area contributed by atoms with Crippen molar-refractivity contribution in [2.75, 3.05) is 0 Å². The molecule has 0 aliphatic carbocycles. The maximum Gasteiger partial charge on any atom is 0.0827 e. The molecule has 1 rings (SSSR count). The van der Waals surface area contributed by atoms with Crippen molar-refractivity contribution in [3.63, 3.8) is 0 Å². The highest BCUT2D eigenvalue weighted by atomic mass is 35.5. The lowest BCUT2D eigenvalue weighted by molar-refractivity contribution is 0.127. The predicted octanol–water partition coefficient (Wildman–Crippen LogP) is 3.34. The lowest BCUT2D eigenvalue weighted by atomic mass is 9.98. The average molecular weight is 199 g/mol. The van der Waals surface area contributed by atoms with E-state index in [1.807, 2.05) is 39.0 Å². The van der Waals surface area contributed by atoms with E-state index in [2.05, 4.69) is 0 Å². The molecule has 1 N–H and O–H groups in total. The van der Waals surface area contributed by atoms with E-state index in [4.69, 9.17) is 11.6 Å². The topological polar surface area (TPSA) is 20.2 Å². The molecule has 0 fully saturated rings. The van der Waals surface area contributed by atoms with Crippen LogP contribution in [0.3, 0.4) is 0 Å². The van der Waals surface area contributed by atoms with E-state index in [1.54, 1.807) is 0 Å². The third-order valence-corrected chi connectivity index (χ3v) is 2.43. The van der Waals surface area contributed by atoms with Crippen LogP contribution in [0.15, 0.2) is 18.2 Å². The molecule has 0 heterocycles. The van der Waals surface area contributed by atoms with Gasteiger partial charge >= 0.3 is 0 Å². The number of hydrogen-bond donors (Lipinski definition) is 1. The van der Waals surface area contributed by atoms with Crippen LogP contribution in [0.4, 0.5) is 0 Å². The highest BCUT2D eigenvalue weighted by molar-refractivity contribution is 6.31. The van der Waals surface area contributed by atoms with Crippen molar-refractivity contribution in [1.29, 1.82) is 0 Å². The second kappa shape index (κ2) is 4.12. The molecule has 1 aromatic rings. The van der Waals surface area contributed by atoms with Crippen LogP contribution in [0.1, 0.15) is 31.1 Å². The molecule has 1 aromatic carbocycles. The Morgan fingerprint density at radius 2 is 1.92 bits per heavy atom. The fourth-order valence-electron chi connectivity index (χ4n) is 1.23. The highest BCUT2D eigenvalue weighted by Crippen LogP contribution is 2.28. The molecular formula is C11H15ClO. The van der Waals surface area contributed by atoms with Gasteiger partial charge in [-0.15, -0.1) is 0 Å². The van der Waals surface area contributed by atoms with Crippen LogP contribution in [0.5, 0.6) is 0 Å². The van der Waals surface area contributed by atoms with Crippen LogP contribution in [0, 0.1) is 12.8 Å². The molecule has 0 saturated carbocycles. The number of aryl methyl sites for hydroxylation is 1. The van der Waals surface area contributed by atoms with E-state index in [-0.39, 0.29) is 5.92 Å². The third kappa shape index (κ3) is 2.45. The van der Waals surface area contributed by atoms with Gasteiger partial charge in [0.15, 0.2) is 0 Å². The first-order chi connectivity index (χ1) is 6.02. The summed E-state index contributed by atoms with van der Waals surface area (Å²) in [7, 11) is 0. The van der Waals surface area contributed by atoms with E-state index >= 15 is 0 Å². The van der Waals surface area contributed by atoms with Gasteiger partial charge in [-0.25, -0.2) is 0 Å². The molecule has 0 saturated heterocycles. The second-order valence-corrected chi connectivity index (χ2v) is 4.12. The maximum atomic E-state index is 9.79. The molecule has 72 valence electrons. The summed E-state index contributed by atoms with van der Waals surface area (Å²) in [6.07, 6.45) is -0.465. The number of rotatable bonds is 2. The molecule has 1 unspecified atom stereocenters. The Kier molecular flexibility index (Phi) is 3.34. The van der Waals surface area contributed by atoms with Crippen molar-refractivity contribution in [2.24, 2.45) is 5.92 Å². The summed E-state index contributed by atoms with van der Waals surface area (Å²) >= 11 is 6.01. The Balaban J connectivity index is 3.01. The van der Waals surface area contributed by atoms with Gasteiger partial charge in [-0.2, -0.15) is 0 Å². The first-order valence-electron chi connectivity index (χ1n) is 4.46. The number of aliphatic hydroxyl groups is 1. The molecular weight excluding hydrogens is 184 g/mol. The lowest BCUT2D eigenvalue weighted by Crippen LogP contribution is -2.05. The quantitative estimate of drug-likeness (QED) is 0.773. The molecule has 1 nitrogen and oxygen atoms in total. The van der Waals surface area contributed by atoms with Crippen LogP contribution >= 0.6 is 11.6 Å². The Morgan fingerprint density at radius 1 is 1.31 bits per heavy atom. The molecule has 0 radical (unpaired) electrons. The van der Waals surface area contributed by atoms with Crippen molar-refractivity contribution in [1.82, 2.24) is 0 Å². The minimum absolute atomic E-state index is 0.195. The summed E-state index contributed by atoms with van der Waals surface area (Å²) in [4.78, 5) is 0. The standard InChI is InChI=1S/C11H15ClO/c1-7(2)11(13)9-5-4-8(3)6-10(9)12/h4-7,11,13H,1-3H3. The summed E-state index contributed by atoms with van der Waals surface area (Å²) in [6, 6.07) is 5.73. The number of hydrogen-bond acceptors (Lipinski definition) is 1. The monoisotopic (exact) mass is 198 g/mol. The first-order valence-corrected chi connectivity index (χ1v) is 4.84. The van der Waals surface area contributed by atoms with Gasteiger partial charge < -0.3 is 5.11 Å². The van der Waals surface area contributed by atoms with Crippen LogP contribution in [0.2, 0.25) is 5.02 Å². The molecule has 0 aliphatic heterocycles. The van der Waals surface area contributed by atoms with Crippen LogP contribution in [-0.4, -0.2) is 5.11 Å². The largest absolute Gasteiger partial charge is 0.388 e. The molecule has 0 bridgehead atoms. The zero-order valence-electron chi connectivity index (χ0n) is 8.21. The fourth-order valence-corrected chi connectivity index (χ4v) is 1.58. The van der Waals surface area contributed by atoms with Crippen LogP contribution < -0.4 is 0 Å². The van der Waals surface area contributed by atoms with Gasteiger partial charge in [0.05, 0.1) is 6.10 Å². The normalized spacial score (nSPS) is 13.4. The van der Waals surface area contributed by atoms with Crippen molar-refractivity contribution < 1.29 is 5.11 Å². The van der Waals surface area contributed by atoms with E-state index in [9.17, 15) is 5.11 Å². The Bertz CT molecular complexity index is 294. The Labute approximate surface area is 84.4 Å². The first kappa shape index (κ1) is 10.6. The highest BCUT2D eigenvalue weighted by Gasteiger charge is 2.14. The number of aliphatic hydroxyl groups excluding tert-OH is 1. The number of halogens is 1. The number of benzene rings is 1. The summed E-state index contributed by atoms with van der Waals surface area (Å²) in [5.41, 5.74) is 1.94. The van der Waals surface area contributed by atoms with E-state index in [0.29, 0.717) is 5.02 Å². The minimum atomic E-state index is -0.465. The van der Waals surface area contributed by atoms with Gasteiger partial charge in [0, 0.05) is 5.02 Å². The smallest absolute Gasteiger partial charge is 0.0827 e. The minimum Gasteiger partial charge on any atom is -0.388 e. The van der Waals surface area contributed by atoms with Crippen molar-refractivity contribution in [2.45, 2.75) is 26.9 Å².